The first-order valence-electron chi connectivity index (χ1n) is 9.70. The molecular weight excluding hydrogens is 371 g/mol. The monoisotopic (exact) mass is 398 g/mol. The van der Waals surface area contributed by atoms with Crippen molar-refractivity contribution in [2.45, 2.75) is 20.8 Å². The average molecular weight is 398 g/mol. The summed E-state index contributed by atoms with van der Waals surface area (Å²) in [6.45, 7) is 7.98. The Labute approximate surface area is 170 Å². The van der Waals surface area contributed by atoms with Crippen LogP contribution in [0.15, 0.2) is 18.2 Å². The molecule has 0 fully saturated rings. The van der Waals surface area contributed by atoms with Crippen LogP contribution in [-0.4, -0.2) is 55.4 Å². The normalized spacial score (nSPS) is 14.8. The predicted molar refractivity (Wildman–Crippen MR) is 113 cm³/mol. The second-order valence-corrected chi connectivity index (χ2v) is 7.40. The molecule has 3 rings (SSSR count). The first kappa shape index (κ1) is 20.8. The van der Waals surface area contributed by atoms with Gasteiger partial charge in [0.15, 0.2) is 0 Å². The first-order valence-corrected chi connectivity index (χ1v) is 9.70. The van der Waals surface area contributed by atoms with Gasteiger partial charge in [-0.25, -0.2) is 4.39 Å². The van der Waals surface area contributed by atoms with Gasteiger partial charge in [-0.1, -0.05) is 6.92 Å². The number of nitrogens with one attached hydrogen (secondary N) is 2. The van der Waals surface area contributed by atoms with E-state index in [1.165, 1.54) is 17.0 Å². The molecule has 0 saturated carbocycles. The van der Waals surface area contributed by atoms with Crippen LogP contribution in [0.4, 0.5) is 10.1 Å². The third-order valence-electron chi connectivity index (χ3n) is 5.46. The van der Waals surface area contributed by atoms with Crippen molar-refractivity contribution in [1.29, 1.82) is 0 Å². The van der Waals surface area contributed by atoms with E-state index in [9.17, 15) is 14.0 Å². The van der Waals surface area contributed by atoms with E-state index in [4.69, 9.17) is 0 Å². The Morgan fingerprint density at radius 2 is 2.07 bits per heavy atom. The van der Waals surface area contributed by atoms with Gasteiger partial charge in [0.05, 0.1) is 16.8 Å². The Bertz CT molecular complexity index is 993. The second-order valence-electron chi connectivity index (χ2n) is 7.40. The van der Waals surface area contributed by atoms with Gasteiger partial charge in [-0.05, 0) is 57.3 Å². The summed E-state index contributed by atoms with van der Waals surface area (Å²) in [5, 5.41) is 2.95. The number of hydrogen-bond donors (Lipinski definition) is 2. The Kier molecular flexibility index (Phi) is 5.88. The fraction of sp³-hybridized carbons (Fsp3) is 0.364. The number of carbonyl (C=O) groups excluding carboxylic acids is 2. The predicted octanol–water partition coefficient (Wildman–Crippen LogP) is 2.97. The highest BCUT2D eigenvalue weighted by molar-refractivity contribution is 6.35. The number of rotatable bonds is 6. The van der Waals surface area contributed by atoms with E-state index >= 15 is 0 Å². The molecule has 7 heteroatoms. The quantitative estimate of drug-likeness (QED) is 0.735. The average Bonchev–Trinajstić information content (AvgIpc) is 3.09. The first-order chi connectivity index (χ1) is 13.7. The van der Waals surface area contributed by atoms with Gasteiger partial charge in [-0.3, -0.25) is 9.59 Å². The van der Waals surface area contributed by atoms with Crippen LogP contribution in [0, 0.1) is 19.7 Å². The minimum atomic E-state index is -0.394. The maximum atomic E-state index is 13.8. The molecule has 154 valence electrons. The molecule has 0 bridgehead atoms. The van der Waals surface area contributed by atoms with E-state index in [2.05, 4.69) is 22.1 Å². The van der Waals surface area contributed by atoms with Crippen molar-refractivity contribution in [2.75, 3.05) is 38.6 Å². The lowest BCUT2D eigenvalue weighted by atomic mass is 10.0. The zero-order valence-corrected chi connectivity index (χ0v) is 17.5. The SMILES string of the molecule is CCN(C)CCNC(=O)c1c(C)[nH]c(/C=C2\C(=O)N(C)c3ccc(F)cc32)c1C. The van der Waals surface area contributed by atoms with E-state index in [0.29, 0.717) is 34.6 Å². The van der Waals surface area contributed by atoms with Gasteiger partial charge >= 0.3 is 0 Å². The molecule has 2 aromatic rings. The number of H-pyrrole nitrogens is 1. The van der Waals surface area contributed by atoms with Crippen LogP contribution < -0.4 is 10.2 Å². The highest BCUT2D eigenvalue weighted by Crippen LogP contribution is 2.37. The summed E-state index contributed by atoms with van der Waals surface area (Å²) in [5.41, 5.74) is 4.37. The molecule has 2 heterocycles. The molecule has 1 aliphatic rings. The summed E-state index contributed by atoms with van der Waals surface area (Å²) in [7, 11) is 3.67. The number of likely N-dealkylation sites (N-methyl/N-ethyl adjacent to an activating group) is 2. The summed E-state index contributed by atoms with van der Waals surface area (Å²) < 4.78 is 13.8. The van der Waals surface area contributed by atoms with E-state index in [-0.39, 0.29) is 11.8 Å². The zero-order valence-electron chi connectivity index (χ0n) is 17.5. The third kappa shape index (κ3) is 3.96. The fourth-order valence-electron chi connectivity index (χ4n) is 3.57. The maximum absolute atomic E-state index is 13.8. The lowest BCUT2D eigenvalue weighted by Crippen LogP contribution is -2.33. The highest BCUT2D eigenvalue weighted by atomic mass is 19.1. The minimum Gasteiger partial charge on any atom is -0.358 e. The van der Waals surface area contributed by atoms with Crippen LogP contribution in [-0.2, 0) is 4.79 Å². The van der Waals surface area contributed by atoms with E-state index < -0.39 is 5.82 Å². The summed E-state index contributed by atoms with van der Waals surface area (Å²) in [6.07, 6.45) is 1.70. The summed E-state index contributed by atoms with van der Waals surface area (Å²) in [6, 6.07) is 4.31. The molecule has 0 saturated heterocycles. The summed E-state index contributed by atoms with van der Waals surface area (Å²) >= 11 is 0. The Morgan fingerprint density at radius 1 is 1.34 bits per heavy atom. The molecule has 1 aliphatic heterocycles. The molecule has 0 radical (unpaired) electrons. The Morgan fingerprint density at radius 3 is 2.76 bits per heavy atom. The third-order valence-corrected chi connectivity index (χ3v) is 5.46. The van der Waals surface area contributed by atoms with Crippen molar-refractivity contribution in [1.82, 2.24) is 15.2 Å². The van der Waals surface area contributed by atoms with Gasteiger partial charge in [-0.15, -0.1) is 0 Å². The number of benzene rings is 1. The number of fused-ring (bicyclic) bond motifs is 1. The molecule has 29 heavy (non-hydrogen) atoms. The van der Waals surface area contributed by atoms with E-state index in [1.54, 1.807) is 19.2 Å². The van der Waals surface area contributed by atoms with Gasteiger partial charge in [-0.2, -0.15) is 0 Å². The number of hydrogen-bond acceptors (Lipinski definition) is 3. The maximum Gasteiger partial charge on any atom is 0.258 e. The standard InChI is InChI=1S/C22H27FN4O2/c1-6-26(4)10-9-24-21(28)20-13(2)18(25-14(20)3)12-17-16-11-15(23)7-8-19(16)27(5)22(17)29/h7-8,11-12,25H,6,9-10H2,1-5H3,(H,24,28)/b17-12-. The summed E-state index contributed by atoms with van der Waals surface area (Å²) in [5.74, 6) is -0.744. The number of aryl methyl sites for hydroxylation is 1. The van der Waals surface area contributed by atoms with Gasteiger partial charge in [0.1, 0.15) is 5.82 Å². The molecule has 0 unspecified atom stereocenters. The minimum absolute atomic E-state index is 0.147. The molecular formula is C22H27FN4O2. The Balaban J connectivity index is 1.90. The molecule has 1 aromatic carbocycles. The number of amides is 2. The molecule has 2 N–H and O–H groups in total. The van der Waals surface area contributed by atoms with Crippen LogP contribution in [0.1, 0.15) is 39.8 Å². The zero-order chi connectivity index (χ0) is 21.3. The number of nitrogens with zero attached hydrogens (tertiary/aromatic N) is 2. The number of anilines is 1. The van der Waals surface area contributed by atoms with Gasteiger partial charge in [0, 0.05) is 37.1 Å². The van der Waals surface area contributed by atoms with Crippen molar-refractivity contribution in [3.8, 4) is 0 Å². The highest BCUT2D eigenvalue weighted by Gasteiger charge is 2.30. The molecule has 1 aromatic heterocycles. The Hall–Kier alpha value is -2.93. The van der Waals surface area contributed by atoms with E-state index in [0.717, 1.165) is 24.3 Å². The molecule has 0 aliphatic carbocycles. The lowest BCUT2D eigenvalue weighted by molar-refractivity contribution is -0.112. The van der Waals surface area contributed by atoms with E-state index in [1.807, 2.05) is 20.9 Å². The van der Waals surface area contributed by atoms with Crippen LogP contribution in [0.3, 0.4) is 0 Å². The largest absolute Gasteiger partial charge is 0.358 e. The van der Waals surface area contributed by atoms with Crippen LogP contribution in [0.5, 0.6) is 0 Å². The lowest BCUT2D eigenvalue weighted by Gasteiger charge is -2.14. The number of aromatic nitrogens is 1. The number of aromatic amines is 1. The number of halogens is 1. The van der Waals surface area contributed by atoms with Crippen LogP contribution >= 0.6 is 0 Å². The van der Waals surface area contributed by atoms with Crippen molar-refractivity contribution >= 4 is 29.2 Å². The molecule has 0 atom stereocenters. The van der Waals surface area contributed by atoms with Crippen LogP contribution in [0.2, 0.25) is 0 Å². The van der Waals surface area contributed by atoms with Gasteiger partial charge in [0.2, 0.25) is 0 Å². The van der Waals surface area contributed by atoms with Crippen molar-refractivity contribution < 1.29 is 14.0 Å². The summed E-state index contributed by atoms with van der Waals surface area (Å²) in [4.78, 5) is 32.2. The van der Waals surface area contributed by atoms with Gasteiger partial charge < -0.3 is 20.1 Å². The molecule has 6 nitrogen and oxygen atoms in total. The van der Waals surface area contributed by atoms with Crippen molar-refractivity contribution in [3.05, 3.63) is 52.1 Å². The van der Waals surface area contributed by atoms with Crippen molar-refractivity contribution in [3.63, 3.8) is 0 Å². The second kappa shape index (κ2) is 8.21. The van der Waals surface area contributed by atoms with Crippen LogP contribution in [0.25, 0.3) is 11.6 Å². The smallest absolute Gasteiger partial charge is 0.258 e. The molecule has 2 amide bonds. The number of carbonyl (C=O) groups is 2. The topological polar surface area (TPSA) is 68.4 Å². The fourth-order valence-corrected chi connectivity index (χ4v) is 3.57. The van der Waals surface area contributed by atoms with Gasteiger partial charge in [0.25, 0.3) is 11.8 Å². The van der Waals surface area contributed by atoms with Crippen molar-refractivity contribution in [2.24, 2.45) is 0 Å². The molecule has 0 spiro atoms.